The van der Waals surface area contributed by atoms with E-state index in [1.807, 2.05) is 60.7 Å². The standard InChI is InChI=1S/C21H19N3O2/c25-18-14-8-7-13-17(18)20-22-19(15-9-3-1-4-10-15)23-21(24-20)26-16-11-5-2-6-12-16/h1-11,13-14,16,20,25H,12H2,(H,22,23,24). The molecule has 5 nitrogen and oxygen atoms in total. The van der Waals surface area contributed by atoms with E-state index in [9.17, 15) is 5.11 Å². The molecule has 4 rings (SSSR count). The van der Waals surface area contributed by atoms with E-state index in [0.29, 0.717) is 17.4 Å². The lowest BCUT2D eigenvalue weighted by molar-refractivity contribution is 0.221. The third-order valence-corrected chi connectivity index (χ3v) is 4.19. The van der Waals surface area contributed by atoms with Crippen molar-refractivity contribution in [2.75, 3.05) is 0 Å². The highest BCUT2D eigenvalue weighted by Crippen LogP contribution is 2.27. The Hall–Kier alpha value is -3.34. The summed E-state index contributed by atoms with van der Waals surface area (Å²) in [5, 5.41) is 13.4. The second-order valence-electron chi connectivity index (χ2n) is 6.05. The fourth-order valence-electron chi connectivity index (χ4n) is 2.87. The number of benzene rings is 2. The molecule has 0 spiro atoms. The van der Waals surface area contributed by atoms with Crippen LogP contribution < -0.4 is 5.32 Å². The van der Waals surface area contributed by atoms with Crippen LogP contribution in [0.4, 0.5) is 0 Å². The number of rotatable bonds is 3. The summed E-state index contributed by atoms with van der Waals surface area (Å²) in [7, 11) is 0. The van der Waals surface area contributed by atoms with Crippen LogP contribution in [0, 0.1) is 0 Å². The molecule has 2 atom stereocenters. The normalized spacial score (nSPS) is 21.5. The molecule has 0 saturated carbocycles. The average Bonchev–Trinajstić information content (AvgIpc) is 2.69. The highest BCUT2D eigenvalue weighted by atomic mass is 16.5. The lowest BCUT2D eigenvalue weighted by Crippen LogP contribution is -2.36. The topological polar surface area (TPSA) is 66.2 Å². The van der Waals surface area contributed by atoms with Gasteiger partial charge in [0.25, 0.3) is 6.02 Å². The molecule has 0 bridgehead atoms. The number of allylic oxidation sites excluding steroid dienone is 2. The molecule has 1 aliphatic heterocycles. The van der Waals surface area contributed by atoms with Crippen LogP contribution in [0.2, 0.25) is 0 Å². The maximum Gasteiger partial charge on any atom is 0.293 e. The number of phenols is 1. The number of para-hydroxylation sites is 1. The van der Waals surface area contributed by atoms with Crippen LogP contribution in [0.3, 0.4) is 0 Å². The Labute approximate surface area is 152 Å². The predicted octanol–water partition coefficient (Wildman–Crippen LogP) is 3.70. The van der Waals surface area contributed by atoms with Crippen molar-refractivity contribution < 1.29 is 9.84 Å². The Morgan fingerprint density at radius 3 is 2.58 bits per heavy atom. The number of phenolic OH excluding ortho intramolecular Hbond substituents is 1. The molecule has 26 heavy (non-hydrogen) atoms. The van der Waals surface area contributed by atoms with E-state index in [-0.39, 0.29) is 11.9 Å². The molecule has 2 aromatic carbocycles. The SMILES string of the molecule is Oc1ccccc1C1N=C(c2ccccc2)N=C(OC2C=CC=CC2)N1. The highest BCUT2D eigenvalue weighted by molar-refractivity contribution is 6.06. The molecule has 0 saturated heterocycles. The van der Waals surface area contributed by atoms with Crippen LogP contribution in [0.25, 0.3) is 0 Å². The van der Waals surface area contributed by atoms with Crippen molar-refractivity contribution in [1.82, 2.24) is 5.32 Å². The van der Waals surface area contributed by atoms with Gasteiger partial charge in [-0.1, -0.05) is 66.8 Å². The third-order valence-electron chi connectivity index (χ3n) is 4.19. The van der Waals surface area contributed by atoms with E-state index >= 15 is 0 Å². The zero-order valence-electron chi connectivity index (χ0n) is 14.1. The Kier molecular flexibility index (Phi) is 4.51. The van der Waals surface area contributed by atoms with E-state index in [0.717, 1.165) is 12.0 Å². The molecule has 2 N–H and O–H groups in total. The van der Waals surface area contributed by atoms with Gasteiger partial charge < -0.3 is 15.2 Å². The lowest BCUT2D eigenvalue weighted by Gasteiger charge is -2.25. The summed E-state index contributed by atoms with van der Waals surface area (Å²) >= 11 is 0. The van der Waals surface area contributed by atoms with E-state index in [1.54, 1.807) is 12.1 Å². The minimum Gasteiger partial charge on any atom is -0.508 e. The molecule has 0 radical (unpaired) electrons. The van der Waals surface area contributed by atoms with E-state index in [4.69, 9.17) is 4.74 Å². The predicted molar refractivity (Wildman–Crippen MR) is 102 cm³/mol. The van der Waals surface area contributed by atoms with Gasteiger partial charge in [0.1, 0.15) is 11.9 Å². The van der Waals surface area contributed by atoms with Gasteiger partial charge in [0.15, 0.2) is 12.0 Å². The van der Waals surface area contributed by atoms with Crippen LogP contribution in [0.1, 0.15) is 23.7 Å². The van der Waals surface area contributed by atoms with E-state index in [1.165, 1.54) is 0 Å². The van der Waals surface area contributed by atoms with Gasteiger partial charge in [-0.05, 0) is 12.1 Å². The smallest absolute Gasteiger partial charge is 0.293 e. The quantitative estimate of drug-likeness (QED) is 0.891. The largest absolute Gasteiger partial charge is 0.508 e. The summed E-state index contributed by atoms with van der Waals surface area (Å²) in [5.74, 6) is 0.755. The van der Waals surface area contributed by atoms with Gasteiger partial charge in [-0.2, -0.15) is 4.99 Å². The van der Waals surface area contributed by atoms with E-state index in [2.05, 4.69) is 21.4 Å². The van der Waals surface area contributed by atoms with Crippen molar-refractivity contribution in [2.45, 2.75) is 18.7 Å². The van der Waals surface area contributed by atoms with Crippen LogP contribution in [-0.4, -0.2) is 23.1 Å². The monoisotopic (exact) mass is 345 g/mol. The number of amidine groups is 2. The van der Waals surface area contributed by atoms with Crippen LogP contribution in [0.15, 0.2) is 88.9 Å². The van der Waals surface area contributed by atoms with Crippen molar-refractivity contribution >= 4 is 11.9 Å². The van der Waals surface area contributed by atoms with Crippen LogP contribution in [0.5, 0.6) is 5.75 Å². The zero-order chi connectivity index (χ0) is 17.8. The van der Waals surface area contributed by atoms with Gasteiger partial charge in [0.2, 0.25) is 0 Å². The number of nitrogens with zero attached hydrogens (tertiary/aromatic N) is 2. The molecule has 2 aromatic rings. The molecule has 0 fully saturated rings. The molecule has 0 amide bonds. The number of ether oxygens (including phenoxy) is 1. The fourth-order valence-corrected chi connectivity index (χ4v) is 2.87. The fraction of sp³-hybridized carbons (Fsp3) is 0.143. The number of hydrogen-bond donors (Lipinski definition) is 2. The second kappa shape index (κ2) is 7.27. The highest BCUT2D eigenvalue weighted by Gasteiger charge is 2.24. The minimum atomic E-state index is -0.470. The molecule has 0 aromatic heterocycles. The Balaban J connectivity index is 1.67. The van der Waals surface area contributed by atoms with Crippen molar-refractivity contribution in [3.8, 4) is 5.75 Å². The summed E-state index contributed by atoms with van der Waals surface area (Å²) in [6, 6.07) is 17.3. The first-order valence-electron chi connectivity index (χ1n) is 8.56. The van der Waals surface area contributed by atoms with Crippen molar-refractivity contribution in [3.63, 3.8) is 0 Å². The molecule has 2 unspecified atom stereocenters. The van der Waals surface area contributed by atoms with Gasteiger partial charge in [-0.25, -0.2) is 4.99 Å². The molecule has 1 aliphatic carbocycles. The van der Waals surface area contributed by atoms with Gasteiger partial charge in [-0.3, -0.25) is 0 Å². The Bertz CT molecular complexity index is 900. The minimum absolute atomic E-state index is 0.0774. The van der Waals surface area contributed by atoms with Gasteiger partial charge >= 0.3 is 0 Å². The summed E-state index contributed by atoms with van der Waals surface area (Å²) in [4.78, 5) is 9.22. The lowest BCUT2D eigenvalue weighted by atomic mass is 10.1. The summed E-state index contributed by atoms with van der Waals surface area (Å²) in [6.07, 6.45) is 8.25. The summed E-state index contributed by atoms with van der Waals surface area (Å²) < 4.78 is 6.01. The van der Waals surface area contributed by atoms with Crippen molar-refractivity contribution in [3.05, 3.63) is 90.0 Å². The number of hydrogen-bond acceptors (Lipinski definition) is 5. The second-order valence-corrected chi connectivity index (χ2v) is 6.05. The first-order valence-corrected chi connectivity index (χ1v) is 8.56. The summed E-state index contributed by atoms with van der Waals surface area (Å²) in [5.41, 5.74) is 1.57. The zero-order valence-corrected chi connectivity index (χ0v) is 14.1. The number of aromatic hydroxyl groups is 1. The Morgan fingerprint density at radius 1 is 1.00 bits per heavy atom. The Morgan fingerprint density at radius 2 is 1.81 bits per heavy atom. The third kappa shape index (κ3) is 3.52. The van der Waals surface area contributed by atoms with Crippen molar-refractivity contribution in [1.29, 1.82) is 0 Å². The molecular weight excluding hydrogens is 326 g/mol. The van der Waals surface area contributed by atoms with Gasteiger partial charge in [0.05, 0.1) is 0 Å². The first-order chi connectivity index (χ1) is 12.8. The van der Waals surface area contributed by atoms with Gasteiger partial charge in [-0.15, -0.1) is 0 Å². The maximum atomic E-state index is 10.2. The summed E-state index contributed by atoms with van der Waals surface area (Å²) in [6.45, 7) is 0. The molecular formula is C21H19N3O2. The van der Waals surface area contributed by atoms with E-state index < -0.39 is 6.17 Å². The maximum absolute atomic E-state index is 10.2. The average molecular weight is 345 g/mol. The molecule has 130 valence electrons. The first kappa shape index (κ1) is 16.1. The number of nitrogens with one attached hydrogen (secondary N) is 1. The van der Waals surface area contributed by atoms with Crippen LogP contribution >= 0.6 is 0 Å². The number of aliphatic imine (C=N–C) groups is 2. The molecule has 1 heterocycles. The van der Waals surface area contributed by atoms with Gasteiger partial charge in [0, 0.05) is 17.5 Å². The molecule has 5 heteroatoms. The van der Waals surface area contributed by atoms with Crippen molar-refractivity contribution in [2.24, 2.45) is 9.98 Å². The van der Waals surface area contributed by atoms with Crippen LogP contribution in [-0.2, 0) is 4.74 Å². The molecule has 2 aliphatic rings.